The van der Waals surface area contributed by atoms with Gasteiger partial charge in [0, 0.05) is 23.7 Å². The van der Waals surface area contributed by atoms with Crippen LogP contribution in [0.3, 0.4) is 0 Å². The van der Waals surface area contributed by atoms with Crippen molar-refractivity contribution < 1.29 is 14.5 Å². The van der Waals surface area contributed by atoms with Crippen molar-refractivity contribution in [1.82, 2.24) is 4.98 Å². The summed E-state index contributed by atoms with van der Waals surface area (Å²) in [5.41, 5.74) is 1.55. The quantitative estimate of drug-likeness (QED) is 0.410. The van der Waals surface area contributed by atoms with Crippen LogP contribution in [0, 0.1) is 10.1 Å². The molecule has 1 fully saturated rings. The van der Waals surface area contributed by atoms with Gasteiger partial charge < -0.3 is 10.1 Å². The maximum absolute atomic E-state index is 13.6. The number of hydrogen-bond donors (Lipinski definition) is 1. The highest BCUT2D eigenvalue weighted by Crippen LogP contribution is 2.43. The third-order valence-electron chi connectivity index (χ3n) is 5.97. The first-order valence-corrected chi connectivity index (χ1v) is 10.6. The van der Waals surface area contributed by atoms with Crippen molar-refractivity contribution in [1.29, 1.82) is 0 Å². The van der Waals surface area contributed by atoms with Gasteiger partial charge in [0.1, 0.15) is 11.3 Å². The first-order chi connectivity index (χ1) is 15.0. The average molecular weight is 419 g/mol. The molecule has 0 atom stereocenters. The molecule has 0 saturated heterocycles. The summed E-state index contributed by atoms with van der Waals surface area (Å²) in [7, 11) is 0. The van der Waals surface area contributed by atoms with Crippen LogP contribution in [0.4, 0.5) is 11.4 Å². The smallest absolute Gasteiger partial charge is 0.269 e. The summed E-state index contributed by atoms with van der Waals surface area (Å²) in [4.78, 5) is 28.6. The Kier molecular flexibility index (Phi) is 5.84. The van der Waals surface area contributed by atoms with Crippen molar-refractivity contribution in [2.45, 2.75) is 44.4 Å². The highest BCUT2D eigenvalue weighted by molar-refractivity contribution is 6.06. The lowest BCUT2D eigenvalue weighted by molar-refractivity contribution is -0.384. The number of rotatable bonds is 7. The van der Waals surface area contributed by atoms with Gasteiger partial charge in [0.15, 0.2) is 0 Å². The Hall–Kier alpha value is -3.48. The molecule has 160 valence electrons. The Bertz CT molecular complexity index is 1110. The predicted molar refractivity (Wildman–Crippen MR) is 119 cm³/mol. The van der Waals surface area contributed by atoms with Crippen LogP contribution >= 0.6 is 0 Å². The molecule has 1 amide bonds. The molecule has 0 radical (unpaired) electrons. The molecule has 7 heteroatoms. The van der Waals surface area contributed by atoms with Gasteiger partial charge in [0.25, 0.3) is 5.69 Å². The largest absolute Gasteiger partial charge is 0.491 e. The van der Waals surface area contributed by atoms with E-state index in [1.54, 1.807) is 18.3 Å². The molecule has 0 unspecified atom stereocenters. The van der Waals surface area contributed by atoms with E-state index in [-0.39, 0.29) is 11.6 Å². The van der Waals surface area contributed by atoms with Crippen molar-refractivity contribution >= 4 is 28.2 Å². The third kappa shape index (κ3) is 3.95. The molecular weight excluding hydrogens is 394 g/mol. The summed E-state index contributed by atoms with van der Waals surface area (Å²) in [6, 6.07) is 13.8. The minimum Gasteiger partial charge on any atom is -0.491 e. The van der Waals surface area contributed by atoms with Crippen molar-refractivity contribution in [3.63, 3.8) is 0 Å². The van der Waals surface area contributed by atoms with Crippen molar-refractivity contribution in [3.05, 3.63) is 70.4 Å². The van der Waals surface area contributed by atoms with Gasteiger partial charge in [0.05, 0.1) is 22.6 Å². The highest BCUT2D eigenvalue weighted by Gasteiger charge is 2.43. The fourth-order valence-electron chi connectivity index (χ4n) is 4.35. The summed E-state index contributed by atoms with van der Waals surface area (Å²) < 4.78 is 5.82. The Labute approximate surface area is 180 Å². The molecule has 0 bridgehead atoms. The molecule has 1 aliphatic rings. The summed E-state index contributed by atoms with van der Waals surface area (Å²) in [6.07, 6.45) is 5.91. The average Bonchev–Trinajstić information content (AvgIpc) is 3.30. The molecule has 1 aromatic heterocycles. The van der Waals surface area contributed by atoms with E-state index in [0.717, 1.165) is 30.2 Å². The molecule has 7 nitrogen and oxygen atoms in total. The normalized spacial score (nSPS) is 15.0. The predicted octanol–water partition coefficient (Wildman–Crippen LogP) is 5.38. The van der Waals surface area contributed by atoms with Crippen LogP contribution in [0.1, 0.15) is 44.6 Å². The van der Waals surface area contributed by atoms with Gasteiger partial charge in [-0.25, -0.2) is 0 Å². The number of nitro groups is 1. The van der Waals surface area contributed by atoms with Crippen LogP contribution in [0.15, 0.2) is 54.7 Å². The monoisotopic (exact) mass is 419 g/mol. The number of pyridine rings is 1. The number of anilines is 1. The number of nitro benzene ring substituents is 1. The number of fused-ring (bicyclic) bond motifs is 1. The third-order valence-corrected chi connectivity index (χ3v) is 5.97. The number of non-ortho nitro benzene ring substituents is 1. The van der Waals surface area contributed by atoms with Crippen LogP contribution in [0.5, 0.6) is 5.75 Å². The lowest BCUT2D eigenvalue weighted by Crippen LogP contribution is -2.38. The first kappa shape index (κ1) is 20.8. The molecule has 31 heavy (non-hydrogen) atoms. The minimum absolute atomic E-state index is 0.0250. The van der Waals surface area contributed by atoms with Gasteiger partial charge in [-0.15, -0.1) is 0 Å². The number of benzene rings is 2. The molecule has 1 N–H and O–H groups in total. The number of hydrogen-bond acceptors (Lipinski definition) is 5. The molecule has 3 aromatic rings. The second-order valence-electron chi connectivity index (χ2n) is 7.91. The van der Waals surface area contributed by atoms with Crippen LogP contribution in [0.25, 0.3) is 10.9 Å². The Morgan fingerprint density at radius 3 is 2.58 bits per heavy atom. The van der Waals surface area contributed by atoms with Gasteiger partial charge in [0.2, 0.25) is 5.91 Å². The number of carbonyl (C=O) groups excluding carboxylic acids is 1. The van der Waals surface area contributed by atoms with E-state index in [1.165, 1.54) is 12.1 Å². The summed E-state index contributed by atoms with van der Waals surface area (Å²) in [5.74, 6) is 0.604. The number of nitrogens with one attached hydrogen (secondary N) is 1. The van der Waals surface area contributed by atoms with E-state index in [4.69, 9.17) is 4.74 Å². The second-order valence-corrected chi connectivity index (χ2v) is 7.91. The van der Waals surface area contributed by atoms with Crippen molar-refractivity contribution in [3.8, 4) is 5.75 Å². The summed E-state index contributed by atoms with van der Waals surface area (Å²) in [6.45, 7) is 2.64. The summed E-state index contributed by atoms with van der Waals surface area (Å²) >= 11 is 0. The van der Waals surface area contributed by atoms with E-state index >= 15 is 0 Å². The number of ether oxygens (including phenoxy) is 1. The van der Waals surface area contributed by atoms with Gasteiger partial charge in [-0.3, -0.25) is 19.9 Å². The van der Waals surface area contributed by atoms with E-state index in [2.05, 4.69) is 10.3 Å². The molecule has 1 heterocycles. The molecule has 0 aliphatic heterocycles. The maximum Gasteiger partial charge on any atom is 0.269 e. The van der Waals surface area contributed by atoms with E-state index in [0.29, 0.717) is 36.4 Å². The summed E-state index contributed by atoms with van der Waals surface area (Å²) in [5, 5.41) is 15.0. The first-order valence-electron chi connectivity index (χ1n) is 10.6. The van der Waals surface area contributed by atoms with Crippen LogP contribution in [-0.4, -0.2) is 22.4 Å². The Morgan fingerprint density at radius 1 is 1.16 bits per heavy atom. The van der Waals surface area contributed by atoms with Crippen molar-refractivity contribution in [2.24, 2.45) is 0 Å². The lowest BCUT2D eigenvalue weighted by atomic mass is 9.78. The van der Waals surface area contributed by atoms with Gasteiger partial charge >= 0.3 is 0 Å². The van der Waals surface area contributed by atoms with Crippen LogP contribution < -0.4 is 10.1 Å². The van der Waals surface area contributed by atoms with Crippen LogP contribution in [0.2, 0.25) is 0 Å². The number of carbonyl (C=O) groups is 1. The number of amides is 1. The Morgan fingerprint density at radius 2 is 1.90 bits per heavy atom. The molecule has 0 spiro atoms. The zero-order valence-corrected chi connectivity index (χ0v) is 17.5. The lowest BCUT2D eigenvalue weighted by Gasteiger charge is -2.28. The molecule has 2 aromatic carbocycles. The molecule has 1 saturated carbocycles. The highest BCUT2D eigenvalue weighted by atomic mass is 16.6. The Balaban J connectivity index is 1.67. The fourth-order valence-corrected chi connectivity index (χ4v) is 4.35. The van der Waals surface area contributed by atoms with E-state index in [9.17, 15) is 14.9 Å². The van der Waals surface area contributed by atoms with Crippen molar-refractivity contribution in [2.75, 3.05) is 11.9 Å². The minimum atomic E-state index is -0.693. The standard InChI is InChI=1S/C24H25N3O4/c1-2-16-31-21-12-11-20(19-6-5-15-25-22(19)21)26-23(28)24(13-3-4-14-24)17-7-9-18(10-8-17)27(29)30/h5-12,15H,2-4,13-14,16H2,1H3,(H,26,28). The van der Waals surface area contributed by atoms with E-state index < -0.39 is 10.3 Å². The van der Waals surface area contributed by atoms with Gasteiger partial charge in [-0.1, -0.05) is 31.9 Å². The topological polar surface area (TPSA) is 94.4 Å². The second kappa shape index (κ2) is 8.71. The SMILES string of the molecule is CCCOc1ccc(NC(=O)C2(c3ccc([N+](=O)[O-])cc3)CCCC2)c2cccnc12. The van der Waals surface area contributed by atoms with Crippen LogP contribution in [-0.2, 0) is 10.2 Å². The zero-order chi connectivity index (χ0) is 21.8. The fraction of sp³-hybridized carbons (Fsp3) is 0.333. The van der Waals surface area contributed by atoms with E-state index in [1.807, 2.05) is 31.2 Å². The van der Waals surface area contributed by atoms with Gasteiger partial charge in [-0.2, -0.15) is 0 Å². The maximum atomic E-state index is 13.6. The molecule has 1 aliphatic carbocycles. The van der Waals surface area contributed by atoms with Gasteiger partial charge in [-0.05, 0) is 49.1 Å². The molecule has 4 rings (SSSR count). The number of aromatic nitrogens is 1. The molecular formula is C24H25N3O4. The zero-order valence-electron chi connectivity index (χ0n) is 17.5. The number of nitrogens with zero attached hydrogens (tertiary/aromatic N) is 2.